The lowest BCUT2D eigenvalue weighted by Gasteiger charge is -2.16. The Morgan fingerprint density at radius 2 is 2.04 bits per heavy atom. The van der Waals surface area contributed by atoms with Gasteiger partial charge in [-0.15, -0.1) is 0 Å². The second kappa shape index (κ2) is 6.70. The zero-order chi connectivity index (χ0) is 17.3. The monoisotopic (exact) mass is 353 g/mol. The number of sulfonamides is 1. The normalized spacial score (nSPS) is 21.7. The molecule has 1 saturated heterocycles. The van der Waals surface area contributed by atoms with Crippen molar-refractivity contribution in [3.8, 4) is 5.75 Å². The van der Waals surface area contributed by atoms with Crippen molar-refractivity contribution >= 4 is 15.9 Å². The zero-order valence-corrected chi connectivity index (χ0v) is 14.7. The highest BCUT2D eigenvalue weighted by Gasteiger charge is 2.35. The molecule has 1 aromatic carbocycles. The fourth-order valence-corrected chi connectivity index (χ4v) is 4.00. The maximum atomic E-state index is 12.5. The van der Waals surface area contributed by atoms with Crippen molar-refractivity contribution in [1.29, 1.82) is 0 Å². The molecule has 1 aliphatic heterocycles. The first-order valence-corrected chi connectivity index (χ1v) is 9.59. The summed E-state index contributed by atoms with van der Waals surface area (Å²) in [6.07, 6.45) is 3.44. The molecule has 1 aliphatic carbocycles. The molecule has 1 unspecified atom stereocenters. The van der Waals surface area contributed by atoms with Crippen molar-refractivity contribution in [1.82, 2.24) is 14.9 Å². The number of methoxy groups -OCH3 is 1. The van der Waals surface area contributed by atoms with Gasteiger partial charge in [0.2, 0.25) is 10.0 Å². The molecule has 2 aliphatic rings. The van der Waals surface area contributed by atoms with Gasteiger partial charge in [-0.1, -0.05) is 0 Å². The van der Waals surface area contributed by atoms with Crippen LogP contribution in [-0.4, -0.2) is 58.6 Å². The standard InChI is InChI=1S/C16H23N3O4S/c1-17-24(21,22)15-9-11(3-6-14(15)23-2)16(20)18-12-7-8-19(10-12)13-4-5-13/h3,6,9,12-13,17H,4-5,7-8,10H2,1-2H3,(H,18,20). The average molecular weight is 353 g/mol. The number of amides is 1. The summed E-state index contributed by atoms with van der Waals surface area (Å²) in [5.74, 6) is -0.0467. The van der Waals surface area contributed by atoms with E-state index in [0.29, 0.717) is 11.6 Å². The van der Waals surface area contributed by atoms with Gasteiger partial charge in [0.05, 0.1) is 7.11 Å². The summed E-state index contributed by atoms with van der Waals surface area (Å²) >= 11 is 0. The molecule has 1 atom stereocenters. The molecule has 2 N–H and O–H groups in total. The number of carbonyl (C=O) groups is 1. The van der Waals surface area contributed by atoms with Gasteiger partial charge in [-0.2, -0.15) is 0 Å². The van der Waals surface area contributed by atoms with Crippen molar-refractivity contribution in [2.75, 3.05) is 27.2 Å². The lowest BCUT2D eigenvalue weighted by molar-refractivity contribution is 0.0937. The van der Waals surface area contributed by atoms with Crippen LogP contribution in [0.25, 0.3) is 0 Å². The molecule has 0 aromatic heterocycles. The van der Waals surface area contributed by atoms with Gasteiger partial charge in [0, 0.05) is 30.7 Å². The molecule has 2 fully saturated rings. The van der Waals surface area contributed by atoms with Crippen LogP contribution >= 0.6 is 0 Å². The van der Waals surface area contributed by atoms with E-state index in [1.165, 1.54) is 39.1 Å². The second-order valence-corrected chi connectivity index (χ2v) is 8.11. The summed E-state index contributed by atoms with van der Waals surface area (Å²) in [6, 6.07) is 5.25. The Kier molecular flexibility index (Phi) is 4.80. The van der Waals surface area contributed by atoms with Crippen LogP contribution in [-0.2, 0) is 10.0 Å². The Morgan fingerprint density at radius 1 is 1.29 bits per heavy atom. The zero-order valence-electron chi connectivity index (χ0n) is 13.9. The third-order valence-electron chi connectivity index (χ3n) is 4.60. The number of hydrogen-bond acceptors (Lipinski definition) is 5. The van der Waals surface area contributed by atoms with Crippen LogP contribution in [0.5, 0.6) is 5.75 Å². The minimum atomic E-state index is -3.70. The number of carbonyl (C=O) groups excluding carboxylic acids is 1. The van der Waals surface area contributed by atoms with E-state index in [-0.39, 0.29) is 22.6 Å². The molecule has 3 rings (SSSR count). The predicted octanol–water partition coefficient (Wildman–Crippen LogP) is 0.570. The van der Waals surface area contributed by atoms with Crippen molar-refractivity contribution < 1.29 is 17.9 Å². The smallest absolute Gasteiger partial charge is 0.251 e. The summed E-state index contributed by atoms with van der Waals surface area (Å²) in [7, 11) is -0.976. The molecule has 1 heterocycles. The highest BCUT2D eigenvalue weighted by molar-refractivity contribution is 7.89. The summed E-state index contributed by atoms with van der Waals surface area (Å²) in [5, 5.41) is 3.01. The summed E-state index contributed by atoms with van der Waals surface area (Å²) in [4.78, 5) is 14.9. The van der Waals surface area contributed by atoms with Gasteiger partial charge in [-0.05, 0) is 44.5 Å². The van der Waals surface area contributed by atoms with Crippen LogP contribution < -0.4 is 14.8 Å². The molecule has 8 heteroatoms. The molecule has 1 amide bonds. The van der Waals surface area contributed by atoms with Crippen LogP contribution in [0.4, 0.5) is 0 Å². The Labute approximate surface area is 142 Å². The number of ether oxygens (including phenoxy) is 1. The molecular formula is C16H23N3O4S. The molecule has 0 spiro atoms. The van der Waals surface area contributed by atoms with Gasteiger partial charge in [-0.3, -0.25) is 9.69 Å². The van der Waals surface area contributed by atoms with Crippen molar-refractivity contribution in [3.63, 3.8) is 0 Å². The van der Waals surface area contributed by atoms with E-state index in [4.69, 9.17) is 4.74 Å². The Bertz CT molecular complexity index is 731. The molecule has 1 saturated carbocycles. The Balaban J connectivity index is 1.74. The van der Waals surface area contributed by atoms with Crippen molar-refractivity contribution in [2.45, 2.75) is 36.2 Å². The van der Waals surface area contributed by atoms with Gasteiger partial charge in [-0.25, -0.2) is 13.1 Å². The van der Waals surface area contributed by atoms with Crippen LogP contribution in [0, 0.1) is 0 Å². The first-order chi connectivity index (χ1) is 11.4. The van der Waals surface area contributed by atoms with Gasteiger partial charge >= 0.3 is 0 Å². The van der Waals surface area contributed by atoms with E-state index >= 15 is 0 Å². The lowest BCUT2D eigenvalue weighted by atomic mass is 10.1. The van der Waals surface area contributed by atoms with E-state index in [1.807, 2.05) is 0 Å². The lowest BCUT2D eigenvalue weighted by Crippen LogP contribution is -2.37. The van der Waals surface area contributed by atoms with Crippen LogP contribution in [0.15, 0.2) is 23.1 Å². The highest BCUT2D eigenvalue weighted by atomic mass is 32.2. The van der Waals surface area contributed by atoms with E-state index in [2.05, 4.69) is 14.9 Å². The third kappa shape index (κ3) is 3.55. The fourth-order valence-electron chi connectivity index (χ4n) is 3.08. The number of benzene rings is 1. The summed E-state index contributed by atoms with van der Waals surface area (Å²) in [6.45, 7) is 1.88. The van der Waals surface area contributed by atoms with E-state index in [1.54, 1.807) is 6.07 Å². The summed E-state index contributed by atoms with van der Waals surface area (Å²) in [5.41, 5.74) is 0.314. The van der Waals surface area contributed by atoms with Crippen LogP contribution in [0.1, 0.15) is 29.6 Å². The summed E-state index contributed by atoms with van der Waals surface area (Å²) < 4.78 is 31.5. The van der Waals surface area contributed by atoms with Crippen LogP contribution in [0.2, 0.25) is 0 Å². The number of rotatable bonds is 6. The fraction of sp³-hybridized carbons (Fsp3) is 0.562. The molecule has 7 nitrogen and oxygen atoms in total. The van der Waals surface area contributed by atoms with Crippen molar-refractivity contribution in [3.05, 3.63) is 23.8 Å². The number of hydrogen-bond donors (Lipinski definition) is 2. The van der Waals surface area contributed by atoms with Gasteiger partial charge in [0.25, 0.3) is 5.91 Å². The maximum Gasteiger partial charge on any atom is 0.251 e. The van der Waals surface area contributed by atoms with Gasteiger partial charge < -0.3 is 10.1 Å². The second-order valence-electron chi connectivity index (χ2n) is 6.26. The SMILES string of the molecule is CNS(=O)(=O)c1cc(C(=O)NC2CCN(C3CC3)C2)ccc1OC. The van der Waals surface area contributed by atoms with Gasteiger partial charge in [0.15, 0.2) is 0 Å². The molecule has 1 aromatic rings. The van der Waals surface area contributed by atoms with Gasteiger partial charge in [0.1, 0.15) is 10.6 Å². The number of nitrogens with one attached hydrogen (secondary N) is 2. The molecule has 24 heavy (non-hydrogen) atoms. The quantitative estimate of drug-likeness (QED) is 0.781. The highest BCUT2D eigenvalue weighted by Crippen LogP contribution is 2.30. The predicted molar refractivity (Wildman–Crippen MR) is 89.7 cm³/mol. The minimum absolute atomic E-state index is 0.0359. The van der Waals surface area contributed by atoms with E-state index in [0.717, 1.165) is 19.5 Å². The van der Waals surface area contributed by atoms with Crippen molar-refractivity contribution in [2.24, 2.45) is 0 Å². The molecule has 0 bridgehead atoms. The Morgan fingerprint density at radius 3 is 2.67 bits per heavy atom. The topological polar surface area (TPSA) is 87.7 Å². The number of likely N-dealkylation sites (tertiary alicyclic amines) is 1. The minimum Gasteiger partial charge on any atom is -0.495 e. The first kappa shape index (κ1) is 17.2. The number of nitrogens with zero attached hydrogens (tertiary/aromatic N) is 1. The first-order valence-electron chi connectivity index (χ1n) is 8.11. The Hall–Kier alpha value is -1.64. The molecule has 0 radical (unpaired) electrons. The van der Waals surface area contributed by atoms with Crippen LogP contribution in [0.3, 0.4) is 0 Å². The molecular weight excluding hydrogens is 330 g/mol. The average Bonchev–Trinajstić information content (AvgIpc) is 3.34. The largest absolute Gasteiger partial charge is 0.495 e. The third-order valence-corrected chi connectivity index (χ3v) is 6.04. The van der Waals surface area contributed by atoms with E-state index in [9.17, 15) is 13.2 Å². The van der Waals surface area contributed by atoms with E-state index < -0.39 is 10.0 Å². The molecule has 132 valence electrons. The maximum absolute atomic E-state index is 12.5.